The summed E-state index contributed by atoms with van der Waals surface area (Å²) in [5, 5.41) is 6.10. The van der Waals surface area contributed by atoms with Crippen LogP contribution in [0.3, 0.4) is 0 Å². The maximum absolute atomic E-state index is 11.9. The largest absolute Gasteiger partial charge is 0.354 e. The predicted octanol–water partition coefficient (Wildman–Crippen LogP) is 1.93. The maximum atomic E-state index is 11.9. The second-order valence-electron chi connectivity index (χ2n) is 5.61. The number of nitrogens with one attached hydrogen (secondary N) is 2. The van der Waals surface area contributed by atoms with Crippen molar-refractivity contribution in [2.75, 3.05) is 13.6 Å². The van der Waals surface area contributed by atoms with Gasteiger partial charge >= 0.3 is 0 Å². The van der Waals surface area contributed by atoms with E-state index in [2.05, 4.69) is 17.6 Å². The summed E-state index contributed by atoms with van der Waals surface area (Å²) in [7, 11) is 1.82. The monoisotopic (exact) mass is 226 g/mol. The summed E-state index contributed by atoms with van der Waals surface area (Å²) >= 11 is 0. The van der Waals surface area contributed by atoms with Crippen molar-refractivity contribution in [1.82, 2.24) is 10.6 Å². The molecule has 3 nitrogen and oxygen atoms in total. The third-order valence-electron chi connectivity index (χ3n) is 4.01. The quantitative estimate of drug-likeness (QED) is 0.769. The van der Waals surface area contributed by atoms with Crippen LogP contribution >= 0.6 is 0 Å². The topological polar surface area (TPSA) is 41.1 Å². The van der Waals surface area contributed by atoms with Crippen molar-refractivity contribution in [2.45, 2.75) is 52.0 Å². The van der Waals surface area contributed by atoms with Gasteiger partial charge in [-0.2, -0.15) is 0 Å². The van der Waals surface area contributed by atoms with Gasteiger partial charge in [-0.15, -0.1) is 0 Å². The molecular formula is C13H26N2O. The number of rotatable bonds is 4. The Balaban J connectivity index is 2.36. The Morgan fingerprint density at radius 2 is 1.94 bits per heavy atom. The molecule has 0 heterocycles. The molecule has 3 heteroatoms. The van der Waals surface area contributed by atoms with Crippen molar-refractivity contribution in [3.63, 3.8) is 0 Å². The smallest absolute Gasteiger partial charge is 0.239 e. The highest BCUT2D eigenvalue weighted by Crippen LogP contribution is 2.28. The van der Waals surface area contributed by atoms with Gasteiger partial charge in [0.25, 0.3) is 0 Å². The van der Waals surface area contributed by atoms with E-state index in [1.165, 1.54) is 25.7 Å². The predicted molar refractivity (Wildman–Crippen MR) is 67.3 cm³/mol. The van der Waals surface area contributed by atoms with E-state index in [0.717, 1.165) is 12.5 Å². The summed E-state index contributed by atoms with van der Waals surface area (Å²) in [6.45, 7) is 6.96. The Labute approximate surface area is 99.4 Å². The Hall–Kier alpha value is -0.570. The fraction of sp³-hybridized carbons (Fsp3) is 0.923. The lowest BCUT2D eigenvalue weighted by Gasteiger charge is -2.30. The number of carbonyl (C=O) groups excluding carboxylic acids is 1. The van der Waals surface area contributed by atoms with Crippen molar-refractivity contribution >= 4 is 5.91 Å². The minimum Gasteiger partial charge on any atom is -0.354 e. The summed E-state index contributed by atoms with van der Waals surface area (Å²) < 4.78 is 0. The highest BCUT2D eigenvalue weighted by atomic mass is 16.2. The van der Waals surface area contributed by atoms with Crippen molar-refractivity contribution < 1.29 is 4.79 Å². The fourth-order valence-electron chi connectivity index (χ4n) is 2.25. The van der Waals surface area contributed by atoms with Crippen LogP contribution in [-0.4, -0.2) is 25.0 Å². The van der Waals surface area contributed by atoms with Gasteiger partial charge in [-0.05, 0) is 39.2 Å². The number of amides is 1. The summed E-state index contributed by atoms with van der Waals surface area (Å²) in [5.41, 5.74) is -0.460. The molecule has 0 aromatic heterocycles. The van der Waals surface area contributed by atoms with E-state index in [9.17, 15) is 4.79 Å². The van der Waals surface area contributed by atoms with Crippen LogP contribution in [0.5, 0.6) is 0 Å². The van der Waals surface area contributed by atoms with Crippen LogP contribution in [0.4, 0.5) is 0 Å². The first kappa shape index (κ1) is 13.5. The summed E-state index contributed by atoms with van der Waals surface area (Å²) in [5.74, 6) is 1.53. The minimum atomic E-state index is -0.460. The minimum absolute atomic E-state index is 0.104. The van der Waals surface area contributed by atoms with Gasteiger partial charge < -0.3 is 10.6 Å². The Morgan fingerprint density at radius 3 is 2.50 bits per heavy atom. The molecule has 1 aliphatic carbocycles. The third kappa shape index (κ3) is 3.48. The van der Waals surface area contributed by atoms with Gasteiger partial charge in [-0.1, -0.05) is 26.2 Å². The van der Waals surface area contributed by atoms with E-state index < -0.39 is 5.54 Å². The first-order valence-corrected chi connectivity index (χ1v) is 6.44. The lowest BCUT2D eigenvalue weighted by atomic mass is 9.80. The third-order valence-corrected chi connectivity index (χ3v) is 4.01. The van der Waals surface area contributed by atoms with E-state index in [-0.39, 0.29) is 5.91 Å². The Bertz CT molecular complexity index is 238. The SMILES string of the molecule is CNC(C)(C)C(=O)NCC1CCCCC1C. The molecule has 0 saturated heterocycles. The molecule has 0 bridgehead atoms. The maximum Gasteiger partial charge on any atom is 0.239 e. The molecule has 1 aliphatic rings. The molecule has 1 rings (SSSR count). The van der Waals surface area contributed by atoms with Gasteiger partial charge in [0.2, 0.25) is 5.91 Å². The normalized spacial score (nSPS) is 26.5. The molecule has 16 heavy (non-hydrogen) atoms. The van der Waals surface area contributed by atoms with Crippen LogP contribution in [0.1, 0.15) is 46.5 Å². The second kappa shape index (κ2) is 5.67. The lowest BCUT2D eigenvalue weighted by molar-refractivity contribution is -0.126. The molecule has 0 aromatic carbocycles. The fourth-order valence-corrected chi connectivity index (χ4v) is 2.25. The molecular weight excluding hydrogens is 200 g/mol. The zero-order valence-electron chi connectivity index (χ0n) is 11.1. The van der Waals surface area contributed by atoms with E-state index in [1.54, 1.807) is 0 Å². The number of hydrogen-bond acceptors (Lipinski definition) is 2. The highest BCUT2D eigenvalue weighted by molar-refractivity contribution is 5.85. The van der Waals surface area contributed by atoms with Gasteiger partial charge in [-0.25, -0.2) is 0 Å². The standard InChI is InChI=1S/C13H26N2O/c1-10-7-5-6-8-11(10)9-15-12(16)13(2,3)14-4/h10-11,14H,5-9H2,1-4H3,(H,15,16). The average Bonchev–Trinajstić information content (AvgIpc) is 2.27. The van der Waals surface area contributed by atoms with Crippen LogP contribution in [0.15, 0.2) is 0 Å². The zero-order chi connectivity index (χ0) is 12.2. The van der Waals surface area contributed by atoms with Gasteiger partial charge in [-0.3, -0.25) is 4.79 Å². The van der Waals surface area contributed by atoms with Crippen LogP contribution < -0.4 is 10.6 Å². The van der Waals surface area contributed by atoms with Crippen LogP contribution in [-0.2, 0) is 4.79 Å². The summed E-state index contributed by atoms with van der Waals surface area (Å²) in [6, 6.07) is 0. The van der Waals surface area contributed by atoms with Crippen molar-refractivity contribution in [3.05, 3.63) is 0 Å². The second-order valence-corrected chi connectivity index (χ2v) is 5.61. The van der Waals surface area contributed by atoms with Crippen molar-refractivity contribution in [2.24, 2.45) is 11.8 Å². The van der Waals surface area contributed by atoms with Crippen LogP contribution in [0.25, 0.3) is 0 Å². The Morgan fingerprint density at radius 1 is 1.31 bits per heavy atom. The van der Waals surface area contributed by atoms with E-state index >= 15 is 0 Å². The van der Waals surface area contributed by atoms with E-state index in [4.69, 9.17) is 0 Å². The first-order valence-electron chi connectivity index (χ1n) is 6.44. The van der Waals surface area contributed by atoms with E-state index in [1.807, 2.05) is 20.9 Å². The molecule has 0 spiro atoms. The van der Waals surface area contributed by atoms with E-state index in [0.29, 0.717) is 5.92 Å². The lowest BCUT2D eigenvalue weighted by Crippen LogP contribution is -2.52. The zero-order valence-corrected chi connectivity index (χ0v) is 11.1. The van der Waals surface area contributed by atoms with Crippen LogP contribution in [0.2, 0.25) is 0 Å². The first-order chi connectivity index (χ1) is 7.47. The molecule has 0 aromatic rings. The van der Waals surface area contributed by atoms with Crippen molar-refractivity contribution in [1.29, 1.82) is 0 Å². The van der Waals surface area contributed by atoms with Crippen LogP contribution in [0, 0.1) is 11.8 Å². The molecule has 0 aliphatic heterocycles. The molecule has 1 fully saturated rings. The number of hydrogen-bond donors (Lipinski definition) is 2. The highest BCUT2D eigenvalue weighted by Gasteiger charge is 2.27. The van der Waals surface area contributed by atoms with Gasteiger partial charge in [0, 0.05) is 6.54 Å². The molecule has 1 saturated carbocycles. The summed E-state index contributed by atoms with van der Waals surface area (Å²) in [6.07, 6.45) is 5.26. The van der Waals surface area contributed by atoms with Gasteiger partial charge in [0.05, 0.1) is 5.54 Å². The molecule has 2 N–H and O–H groups in total. The molecule has 2 atom stereocenters. The summed E-state index contributed by atoms with van der Waals surface area (Å²) in [4.78, 5) is 11.9. The van der Waals surface area contributed by atoms with Gasteiger partial charge in [0.1, 0.15) is 0 Å². The molecule has 0 radical (unpaired) electrons. The molecule has 94 valence electrons. The van der Waals surface area contributed by atoms with Gasteiger partial charge in [0.15, 0.2) is 0 Å². The average molecular weight is 226 g/mol. The number of carbonyl (C=O) groups is 1. The van der Waals surface area contributed by atoms with Crippen molar-refractivity contribution in [3.8, 4) is 0 Å². The number of likely N-dealkylation sites (N-methyl/N-ethyl adjacent to an activating group) is 1. The molecule has 1 amide bonds. The Kier molecular flexibility index (Phi) is 4.78. The molecule has 2 unspecified atom stereocenters.